The molecule has 1 aromatic heterocycles. The molecule has 2 aromatic carbocycles. The Morgan fingerprint density at radius 2 is 1.82 bits per heavy atom. The van der Waals surface area contributed by atoms with Gasteiger partial charge < -0.3 is 14.8 Å². The first-order valence-electron chi connectivity index (χ1n) is 10.3. The highest BCUT2D eigenvalue weighted by molar-refractivity contribution is 5.84. The average Bonchev–Trinajstić information content (AvgIpc) is 3.39. The highest BCUT2D eigenvalue weighted by Gasteiger charge is 2.21. The van der Waals surface area contributed by atoms with Gasteiger partial charge >= 0.3 is 0 Å². The van der Waals surface area contributed by atoms with E-state index in [4.69, 9.17) is 4.98 Å². The van der Waals surface area contributed by atoms with Crippen LogP contribution in [-0.4, -0.2) is 28.5 Å². The Labute approximate surface area is 166 Å². The van der Waals surface area contributed by atoms with E-state index >= 15 is 0 Å². The highest BCUT2D eigenvalue weighted by Crippen LogP contribution is 2.25. The van der Waals surface area contributed by atoms with Gasteiger partial charge in [0.05, 0.1) is 11.0 Å². The fraction of sp³-hybridized carbons (Fsp3) is 0.391. The summed E-state index contributed by atoms with van der Waals surface area (Å²) in [4.78, 5) is 20.1. The number of aromatic nitrogens is 2. The van der Waals surface area contributed by atoms with Crippen molar-refractivity contribution in [1.29, 1.82) is 0 Å². The first-order valence-corrected chi connectivity index (χ1v) is 10.3. The molecule has 4 rings (SSSR count). The Bertz CT molecular complexity index is 972. The summed E-state index contributed by atoms with van der Waals surface area (Å²) in [6.07, 6.45) is 3.28. The quantitative estimate of drug-likeness (QED) is 0.705. The number of hydrogen-bond donors (Lipinski definition) is 1. The van der Waals surface area contributed by atoms with Crippen LogP contribution >= 0.6 is 0 Å². The van der Waals surface area contributed by atoms with Gasteiger partial charge in [-0.3, -0.25) is 4.79 Å². The Balaban J connectivity index is 1.52. The second-order valence-electron chi connectivity index (χ2n) is 7.46. The van der Waals surface area contributed by atoms with E-state index in [1.54, 1.807) is 0 Å². The molecule has 5 nitrogen and oxygen atoms in total. The number of imidazole rings is 1. The molecule has 146 valence electrons. The van der Waals surface area contributed by atoms with Crippen LogP contribution in [0.1, 0.15) is 44.1 Å². The van der Waals surface area contributed by atoms with Crippen molar-refractivity contribution in [3.05, 3.63) is 59.9 Å². The normalized spacial score (nSPS) is 15.1. The molecule has 3 aromatic rings. The maximum Gasteiger partial charge on any atom is 0.243 e. The van der Waals surface area contributed by atoms with Crippen LogP contribution in [0.15, 0.2) is 48.5 Å². The van der Waals surface area contributed by atoms with Gasteiger partial charge in [-0.15, -0.1) is 0 Å². The molecule has 0 radical (unpaired) electrons. The molecule has 1 atom stereocenters. The largest absolute Gasteiger partial charge is 0.371 e. The van der Waals surface area contributed by atoms with Gasteiger partial charge in [0.2, 0.25) is 5.91 Å². The van der Waals surface area contributed by atoms with Gasteiger partial charge in [-0.25, -0.2) is 4.98 Å². The number of benzene rings is 2. The molecular weight excluding hydrogens is 348 g/mol. The third-order valence-electron chi connectivity index (χ3n) is 5.64. The van der Waals surface area contributed by atoms with Crippen LogP contribution in [0.2, 0.25) is 0 Å². The number of carbonyl (C=O) groups excluding carboxylic acids is 1. The summed E-state index contributed by atoms with van der Waals surface area (Å²) < 4.78 is 2.07. The van der Waals surface area contributed by atoms with Crippen molar-refractivity contribution in [2.45, 2.75) is 45.7 Å². The lowest BCUT2D eigenvalue weighted by Crippen LogP contribution is -2.32. The predicted molar refractivity (Wildman–Crippen MR) is 114 cm³/mol. The van der Waals surface area contributed by atoms with Gasteiger partial charge in [0.25, 0.3) is 0 Å². The van der Waals surface area contributed by atoms with E-state index in [9.17, 15) is 4.79 Å². The van der Waals surface area contributed by atoms with E-state index in [1.165, 1.54) is 24.1 Å². The van der Waals surface area contributed by atoms with Gasteiger partial charge in [-0.2, -0.15) is 0 Å². The molecule has 0 saturated carbocycles. The Morgan fingerprint density at radius 1 is 1.11 bits per heavy atom. The molecule has 0 spiro atoms. The van der Waals surface area contributed by atoms with E-state index in [2.05, 4.69) is 39.9 Å². The average molecular weight is 377 g/mol. The molecule has 2 heterocycles. The van der Waals surface area contributed by atoms with Gasteiger partial charge in [0.1, 0.15) is 11.9 Å². The van der Waals surface area contributed by atoms with E-state index in [1.807, 2.05) is 37.3 Å². The maximum absolute atomic E-state index is 13.0. The van der Waals surface area contributed by atoms with E-state index in [0.29, 0.717) is 6.54 Å². The topological polar surface area (TPSA) is 50.2 Å². The fourth-order valence-corrected chi connectivity index (χ4v) is 4.15. The third-order valence-corrected chi connectivity index (χ3v) is 5.64. The van der Waals surface area contributed by atoms with Crippen molar-refractivity contribution in [2.24, 2.45) is 0 Å². The Morgan fingerprint density at radius 3 is 2.61 bits per heavy atom. The molecule has 1 fully saturated rings. The zero-order valence-corrected chi connectivity index (χ0v) is 16.7. The summed E-state index contributed by atoms with van der Waals surface area (Å²) in [5.74, 6) is 0.968. The summed E-state index contributed by atoms with van der Waals surface area (Å²) >= 11 is 0. The molecule has 1 amide bonds. The van der Waals surface area contributed by atoms with Crippen molar-refractivity contribution in [3.8, 4) is 0 Å². The summed E-state index contributed by atoms with van der Waals surface area (Å²) in [7, 11) is 0. The molecule has 1 N–H and O–H groups in total. The van der Waals surface area contributed by atoms with Crippen LogP contribution in [0.3, 0.4) is 0 Å². The molecule has 5 heteroatoms. The third kappa shape index (κ3) is 3.49. The number of aryl methyl sites for hydroxylation is 1. The summed E-state index contributed by atoms with van der Waals surface area (Å²) in [6, 6.07) is 16.1. The predicted octanol–water partition coefficient (Wildman–Crippen LogP) is 4.08. The number of hydrogen-bond acceptors (Lipinski definition) is 3. The summed E-state index contributed by atoms with van der Waals surface area (Å²) in [5, 5.41) is 3.15. The van der Waals surface area contributed by atoms with Crippen LogP contribution < -0.4 is 10.2 Å². The SMILES string of the molecule is CCc1nc2ccccc2n1[C@@H](C)C(=O)NCc1ccccc1N1CCCC1. The van der Waals surface area contributed by atoms with Gasteiger partial charge in [-0.1, -0.05) is 37.3 Å². The number of fused-ring (bicyclic) bond motifs is 1. The number of nitrogens with one attached hydrogen (secondary N) is 1. The maximum atomic E-state index is 13.0. The lowest BCUT2D eigenvalue weighted by atomic mass is 10.1. The summed E-state index contributed by atoms with van der Waals surface area (Å²) in [6.45, 7) is 6.78. The smallest absolute Gasteiger partial charge is 0.243 e. The van der Waals surface area contributed by atoms with Crippen LogP contribution in [0, 0.1) is 0 Å². The molecule has 0 bridgehead atoms. The monoisotopic (exact) mass is 376 g/mol. The van der Waals surface area contributed by atoms with Crippen molar-refractivity contribution in [2.75, 3.05) is 18.0 Å². The molecule has 0 aliphatic carbocycles. The molecule has 1 aliphatic rings. The Kier molecular flexibility index (Phi) is 5.33. The van der Waals surface area contributed by atoms with Crippen LogP contribution in [0.5, 0.6) is 0 Å². The number of para-hydroxylation sites is 3. The molecule has 0 unspecified atom stereocenters. The fourth-order valence-electron chi connectivity index (χ4n) is 4.15. The minimum Gasteiger partial charge on any atom is -0.371 e. The number of carbonyl (C=O) groups is 1. The lowest BCUT2D eigenvalue weighted by Gasteiger charge is -2.22. The second kappa shape index (κ2) is 8.05. The first-order chi connectivity index (χ1) is 13.7. The minimum atomic E-state index is -0.304. The number of anilines is 1. The van der Waals surface area contributed by atoms with Gasteiger partial charge in [0, 0.05) is 31.7 Å². The number of amides is 1. The Hall–Kier alpha value is -2.82. The summed E-state index contributed by atoms with van der Waals surface area (Å²) in [5.41, 5.74) is 4.38. The zero-order chi connectivity index (χ0) is 19.5. The first kappa shape index (κ1) is 18.5. The van der Waals surface area contributed by atoms with Crippen molar-refractivity contribution >= 4 is 22.6 Å². The van der Waals surface area contributed by atoms with Crippen LogP contribution in [0.4, 0.5) is 5.69 Å². The molecular formula is C23H28N4O. The molecule has 1 saturated heterocycles. The minimum absolute atomic E-state index is 0.0223. The lowest BCUT2D eigenvalue weighted by molar-refractivity contribution is -0.124. The second-order valence-corrected chi connectivity index (χ2v) is 7.46. The van der Waals surface area contributed by atoms with Crippen LogP contribution in [-0.2, 0) is 17.8 Å². The number of rotatable bonds is 6. The van der Waals surface area contributed by atoms with Crippen LogP contribution in [0.25, 0.3) is 11.0 Å². The van der Waals surface area contributed by atoms with E-state index < -0.39 is 0 Å². The van der Waals surface area contributed by atoms with E-state index in [0.717, 1.165) is 36.4 Å². The number of nitrogens with zero attached hydrogens (tertiary/aromatic N) is 3. The van der Waals surface area contributed by atoms with Crippen molar-refractivity contribution in [3.63, 3.8) is 0 Å². The van der Waals surface area contributed by atoms with Crippen molar-refractivity contribution in [1.82, 2.24) is 14.9 Å². The van der Waals surface area contributed by atoms with Gasteiger partial charge in [-0.05, 0) is 43.5 Å². The van der Waals surface area contributed by atoms with E-state index in [-0.39, 0.29) is 11.9 Å². The zero-order valence-electron chi connectivity index (χ0n) is 16.7. The molecule has 28 heavy (non-hydrogen) atoms. The standard InChI is InChI=1S/C23H28N4O/c1-3-22-25-19-11-5-7-13-21(19)27(22)17(2)23(28)24-16-18-10-4-6-12-20(18)26-14-8-9-15-26/h4-7,10-13,17H,3,8-9,14-16H2,1-2H3,(H,24,28)/t17-/m0/s1. The van der Waals surface area contributed by atoms with Crippen molar-refractivity contribution < 1.29 is 4.79 Å². The molecule has 1 aliphatic heterocycles. The highest BCUT2D eigenvalue weighted by atomic mass is 16.2. The van der Waals surface area contributed by atoms with Gasteiger partial charge in [0.15, 0.2) is 0 Å².